The number of nitrogens with one attached hydrogen (secondary N) is 1. The van der Waals surface area contributed by atoms with Crippen molar-refractivity contribution in [2.45, 2.75) is 6.61 Å². The summed E-state index contributed by atoms with van der Waals surface area (Å²) in [6.45, 7) is 0.0403. The van der Waals surface area contributed by atoms with Gasteiger partial charge in [0.15, 0.2) is 11.6 Å². The normalized spacial score (nSPS) is 10.5. The molecular weight excluding hydrogens is 425 g/mol. The topological polar surface area (TPSA) is 112 Å². The average molecular weight is 445 g/mol. The van der Waals surface area contributed by atoms with Gasteiger partial charge in [-0.3, -0.25) is 4.79 Å². The lowest BCUT2D eigenvalue weighted by atomic mass is 10.0. The molecule has 0 atom stereocenters. The summed E-state index contributed by atoms with van der Waals surface area (Å²) in [5.41, 5.74) is 7.36. The molecule has 33 heavy (non-hydrogen) atoms. The van der Waals surface area contributed by atoms with E-state index >= 15 is 0 Å². The van der Waals surface area contributed by atoms with Crippen LogP contribution in [0.2, 0.25) is 0 Å². The Kier molecular flexibility index (Phi) is 6.40. The summed E-state index contributed by atoms with van der Waals surface area (Å²) in [5.74, 6) is 1.17. The van der Waals surface area contributed by atoms with E-state index < -0.39 is 5.82 Å². The van der Waals surface area contributed by atoms with Crippen molar-refractivity contribution in [1.29, 1.82) is 0 Å². The number of methoxy groups -OCH3 is 1. The number of aromatic nitrogens is 3. The largest absolute Gasteiger partial charge is 0.495 e. The van der Waals surface area contributed by atoms with Crippen LogP contribution < -0.4 is 20.5 Å². The van der Waals surface area contributed by atoms with Gasteiger partial charge in [-0.05, 0) is 60.7 Å². The summed E-state index contributed by atoms with van der Waals surface area (Å²) < 4.78 is 24.1. The molecule has 4 rings (SSSR count). The summed E-state index contributed by atoms with van der Waals surface area (Å²) in [7, 11) is 1.57. The van der Waals surface area contributed by atoms with E-state index in [9.17, 15) is 9.18 Å². The number of hydrogen-bond acceptors (Lipinski definition) is 8. The number of carbonyl (C=O) groups is 1. The number of para-hydroxylation sites is 2. The van der Waals surface area contributed by atoms with Gasteiger partial charge in [0.05, 0.1) is 12.8 Å². The lowest BCUT2D eigenvalue weighted by molar-refractivity contribution is 0.103. The molecule has 3 aromatic carbocycles. The molecule has 0 fully saturated rings. The second kappa shape index (κ2) is 9.73. The molecule has 3 N–H and O–H groups in total. The van der Waals surface area contributed by atoms with E-state index in [4.69, 9.17) is 15.2 Å². The maximum Gasteiger partial charge on any atom is 0.232 e. The van der Waals surface area contributed by atoms with Crippen molar-refractivity contribution in [1.82, 2.24) is 15.0 Å². The Labute approximate surface area is 189 Å². The van der Waals surface area contributed by atoms with Crippen LogP contribution in [0.1, 0.15) is 21.7 Å². The third-order valence-corrected chi connectivity index (χ3v) is 4.64. The highest BCUT2D eigenvalue weighted by molar-refractivity contribution is 6.09. The first-order chi connectivity index (χ1) is 16.0. The van der Waals surface area contributed by atoms with Crippen LogP contribution in [0.15, 0.2) is 72.8 Å². The first-order valence-electron chi connectivity index (χ1n) is 9.95. The molecule has 8 nitrogen and oxygen atoms in total. The van der Waals surface area contributed by atoms with E-state index in [1.54, 1.807) is 37.4 Å². The zero-order valence-electron chi connectivity index (χ0n) is 17.7. The van der Waals surface area contributed by atoms with Gasteiger partial charge >= 0.3 is 0 Å². The molecule has 1 aromatic heterocycles. The number of carbonyl (C=O) groups excluding carboxylic acids is 1. The Hall–Kier alpha value is -4.53. The van der Waals surface area contributed by atoms with E-state index in [1.807, 2.05) is 18.2 Å². The lowest BCUT2D eigenvalue weighted by Crippen LogP contribution is -2.09. The molecule has 0 bridgehead atoms. The molecule has 4 aromatic rings. The number of ether oxygens (including phenoxy) is 2. The van der Waals surface area contributed by atoms with Crippen LogP contribution >= 0.6 is 0 Å². The molecule has 0 amide bonds. The SMILES string of the molecule is COc1ccccc1Nc1nc(N)nc(COc2ccc(C(=O)c3ccc(F)cc3)cc2)n1. The van der Waals surface area contributed by atoms with Gasteiger partial charge in [0.1, 0.15) is 23.9 Å². The number of nitrogens with zero attached hydrogens (tertiary/aromatic N) is 3. The van der Waals surface area contributed by atoms with Crippen LogP contribution in [-0.4, -0.2) is 27.8 Å². The molecule has 0 saturated carbocycles. The summed E-state index contributed by atoms with van der Waals surface area (Å²) in [6, 6.07) is 19.3. The van der Waals surface area contributed by atoms with Crippen LogP contribution in [0.4, 0.5) is 22.0 Å². The Bertz CT molecular complexity index is 1260. The quantitative estimate of drug-likeness (QED) is 0.389. The van der Waals surface area contributed by atoms with Crippen molar-refractivity contribution in [2.24, 2.45) is 0 Å². The fourth-order valence-corrected chi connectivity index (χ4v) is 3.05. The number of benzene rings is 3. The molecule has 9 heteroatoms. The first kappa shape index (κ1) is 21.7. The number of nitrogens with two attached hydrogens (primary N) is 1. The highest BCUT2D eigenvalue weighted by atomic mass is 19.1. The number of nitrogen functional groups attached to an aromatic ring is 1. The molecular formula is C24H20FN5O3. The summed E-state index contributed by atoms with van der Waals surface area (Å²) >= 11 is 0. The van der Waals surface area contributed by atoms with E-state index in [0.29, 0.717) is 34.1 Å². The highest BCUT2D eigenvalue weighted by Crippen LogP contribution is 2.25. The molecule has 0 spiro atoms. The van der Waals surface area contributed by atoms with Crippen LogP contribution in [0.5, 0.6) is 11.5 Å². The molecule has 0 saturated heterocycles. The van der Waals surface area contributed by atoms with Crippen LogP contribution in [-0.2, 0) is 6.61 Å². The van der Waals surface area contributed by atoms with Gasteiger partial charge in [0.2, 0.25) is 11.9 Å². The molecule has 0 unspecified atom stereocenters. The van der Waals surface area contributed by atoms with Gasteiger partial charge < -0.3 is 20.5 Å². The fourth-order valence-electron chi connectivity index (χ4n) is 3.05. The summed E-state index contributed by atoms with van der Waals surface area (Å²) in [6.07, 6.45) is 0. The highest BCUT2D eigenvalue weighted by Gasteiger charge is 2.11. The maximum absolute atomic E-state index is 13.1. The monoisotopic (exact) mass is 445 g/mol. The Morgan fingerprint density at radius 2 is 1.61 bits per heavy atom. The van der Waals surface area contributed by atoms with Crippen molar-refractivity contribution in [3.8, 4) is 11.5 Å². The van der Waals surface area contributed by atoms with Crippen molar-refractivity contribution in [3.63, 3.8) is 0 Å². The van der Waals surface area contributed by atoms with E-state index in [2.05, 4.69) is 20.3 Å². The average Bonchev–Trinajstić information content (AvgIpc) is 2.83. The molecule has 0 aliphatic heterocycles. The number of halogens is 1. The minimum atomic E-state index is -0.393. The minimum Gasteiger partial charge on any atom is -0.495 e. The van der Waals surface area contributed by atoms with Crippen molar-refractivity contribution >= 4 is 23.4 Å². The molecule has 166 valence electrons. The number of hydrogen-bond donors (Lipinski definition) is 2. The van der Waals surface area contributed by atoms with Crippen molar-refractivity contribution in [3.05, 3.63) is 95.6 Å². The fraction of sp³-hybridized carbons (Fsp3) is 0.0833. The van der Waals surface area contributed by atoms with Crippen molar-refractivity contribution < 1.29 is 18.7 Å². The van der Waals surface area contributed by atoms with E-state index in [0.717, 1.165) is 0 Å². The summed E-state index contributed by atoms with van der Waals surface area (Å²) in [4.78, 5) is 25.0. The molecule has 0 radical (unpaired) electrons. The predicted octanol–water partition coefficient (Wildman–Crippen LogP) is 4.16. The predicted molar refractivity (Wildman–Crippen MR) is 121 cm³/mol. The molecule has 0 aliphatic carbocycles. The summed E-state index contributed by atoms with van der Waals surface area (Å²) in [5, 5.41) is 3.06. The Morgan fingerprint density at radius 3 is 2.30 bits per heavy atom. The number of rotatable bonds is 8. The van der Waals surface area contributed by atoms with E-state index in [1.165, 1.54) is 24.3 Å². The van der Waals surface area contributed by atoms with Gasteiger partial charge in [0.25, 0.3) is 0 Å². The van der Waals surface area contributed by atoms with Gasteiger partial charge in [0, 0.05) is 11.1 Å². The second-order valence-corrected chi connectivity index (χ2v) is 6.91. The smallest absolute Gasteiger partial charge is 0.232 e. The maximum atomic E-state index is 13.1. The van der Waals surface area contributed by atoms with Gasteiger partial charge in [-0.2, -0.15) is 15.0 Å². The van der Waals surface area contributed by atoms with Crippen LogP contribution in [0.25, 0.3) is 0 Å². The van der Waals surface area contributed by atoms with Gasteiger partial charge in [-0.25, -0.2) is 4.39 Å². The zero-order chi connectivity index (χ0) is 23.2. The van der Waals surface area contributed by atoms with Gasteiger partial charge in [-0.1, -0.05) is 12.1 Å². The minimum absolute atomic E-state index is 0.0403. The second-order valence-electron chi connectivity index (χ2n) is 6.91. The van der Waals surface area contributed by atoms with Gasteiger partial charge in [-0.15, -0.1) is 0 Å². The zero-order valence-corrected chi connectivity index (χ0v) is 17.7. The first-order valence-corrected chi connectivity index (χ1v) is 9.95. The van der Waals surface area contributed by atoms with Crippen LogP contribution in [0.3, 0.4) is 0 Å². The number of anilines is 3. The Morgan fingerprint density at radius 1 is 0.939 bits per heavy atom. The standard InChI is InChI=1S/C24H20FN5O3/c1-32-20-5-3-2-4-19(20)27-24-29-21(28-23(26)30-24)14-33-18-12-8-16(9-13-18)22(31)15-6-10-17(25)11-7-15/h2-13H,14H2,1H3,(H3,26,27,28,29,30). The third kappa shape index (κ3) is 5.40. The number of ketones is 1. The van der Waals surface area contributed by atoms with Crippen LogP contribution in [0, 0.1) is 5.82 Å². The Balaban J connectivity index is 1.42. The van der Waals surface area contributed by atoms with E-state index in [-0.39, 0.29) is 24.3 Å². The molecule has 0 aliphatic rings. The lowest BCUT2D eigenvalue weighted by Gasteiger charge is -2.11. The van der Waals surface area contributed by atoms with Crippen molar-refractivity contribution in [2.75, 3.05) is 18.2 Å². The molecule has 1 heterocycles. The third-order valence-electron chi connectivity index (χ3n) is 4.64.